The zero-order valence-corrected chi connectivity index (χ0v) is 17.4. The summed E-state index contributed by atoms with van der Waals surface area (Å²) in [5.74, 6) is -1.24. The fraction of sp³-hybridized carbons (Fsp3) is 0.571. The number of ether oxygens (including phenoxy) is 3. The van der Waals surface area contributed by atoms with Crippen LogP contribution < -0.4 is 0 Å². The minimum absolute atomic E-state index is 0.0478. The van der Waals surface area contributed by atoms with Crippen molar-refractivity contribution in [3.63, 3.8) is 0 Å². The van der Waals surface area contributed by atoms with Gasteiger partial charge in [-0.25, -0.2) is 0 Å². The Hall–Kier alpha value is -2.41. The van der Waals surface area contributed by atoms with Crippen LogP contribution in [-0.2, 0) is 28.6 Å². The van der Waals surface area contributed by atoms with Crippen molar-refractivity contribution >= 4 is 17.9 Å². The maximum atomic E-state index is 11.5. The van der Waals surface area contributed by atoms with Crippen molar-refractivity contribution in [2.45, 2.75) is 66.1 Å². The summed E-state index contributed by atoms with van der Waals surface area (Å²) in [6.07, 6.45) is 3.50. The molecule has 0 aromatic heterocycles. The molecule has 1 N–H and O–H groups in total. The quantitative estimate of drug-likeness (QED) is 0.307. The lowest BCUT2D eigenvalue weighted by Crippen LogP contribution is -2.17. The number of aliphatic hydroxyl groups is 1. The highest BCUT2D eigenvalue weighted by molar-refractivity contribution is 5.67. The molecule has 0 fully saturated rings. The molecule has 28 heavy (non-hydrogen) atoms. The van der Waals surface area contributed by atoms with E-state index in [0.717, 1.165) is 11.1 Å². The lowest BCUT2D eigenvalue weighted by Gasteiger charge is -2.18. The summed E-state index contributed by atoms with van der Waals surface area (Å²) in [6, 6.07) is 0. The Kier molecular flexibility index (Phi) is 12.5. The van der Waals surface area contributed by atoms with Crippen LogP contribution in [0.1, 0.15) is 53.9 Å². The van der Waals surface area contributed by atoms with Crippen LogP contribution in [0.4, 0.5) is 0 Å². The predicted octanol–water partition coefficient (Wildman–Crippen LogP) is 3.02. The summed E-state index contributed by atoms with van der Waals surface area (Å²) in [6.45, 7) is 11.4. The molecular formula is C21H32O7. The van der Waals surface area contributed by atoms with Gasteiger partial charge >= 0.3 is 17.9 Å². The molecule has 0 saturated heterocycles. The van der Waals surface area contributed by atoms with E-state index >= 15 is 0 Å². The lowest BCUT2D eigenvalue weighted by atomic mass is 10.0. The number of esters is 3. The zero-order chi connectivity index (χ0) is 21.7. The van der Waals surface area contributed by atoms with Crippen LogP contribution in [0.2, 0.25) is 0 Å². The predicted molar refractivity (Wildman–Crippen MR) is 105 cm³/mol. The standard InChI is InChI=1S/C21H32O7/c1-14(2)21(25)8-7-19(13-27-17(5)23)12-20(28-18(6)24)11-15(3)9-10-26-16(4)22/h9,12,20-21,25H,1,7-8,10-11,13H2,2-6H3/b15-9-,19-12-/t20-,21+/m0/s1. The molecule has 0 aliphatic rings. The van der Waals surface area contributed by atoms with Crippen molar-refractivity contribution in [1.82, 2.24) is 0 Å². The molecule has 158 valence electrons. The van der Waals surface area contributed by atoms with Crippen LogP contribution in [0.5, 0.6) is 0 Å². The summed E-state index contributed by atoms with van der Waals surface area (Å²) in [7, 11) is 0. The Bertz CT molecular complexity index is 616. The normalized spacial score (nSPS) is 14.1. The van der Waals surface area contributed by atoms with E-state index in [1.54, 1.807) is 19.1 Å². The number of aliphatic hydroxyl groups excluding tert-OH is 1. The van der Waals surface area contributed by atoms with E-state index in [9.17, 15) is 19.5 Å². The van der Waals surface area contributed by atoms with Crippen molar-refractivity contribution < 1.29 is 33.7 Å². The second kappa shape index (κ2) is 13.7. The average molecular weight is 396 g/mol. The summed E-state index contributed by atoms with van der Waals surface area (Å²) >= 11 is 0. The highest BCUT2D eigenvalue weighted by atomic mass is 16.5. The van der Waals surface area contributed by atoms with Gasteiger partial charge < -0.3 is 19.3 Å². The fourth-order valence-corrected chi connectivity index (χ4v) is 2.28. The molecule has 0 aromatic rings. The largest absolute Gasteiger partial charge is 0.462 e. The minimum atomic E-state index is -0.668. The Balaban J connectivity index is 5.28. The Morgan fingerprint density at radius 1 is 1.00 bits per heavy atom. The van der Waals surface area contributed by atoms with Gasteiger partial charge in [-0.1, -0.05) is 17.7 Å². The summed E-state index contributed by atoms with van der Waals surface area (Å²) in [4.78, 5) is 33.5. The molecule has 0 aliphatic carbocycles. The number of carbonyl (C=O) groups is 3. The molecule has 7 nitrogen and oxygen atoms in total. The Labute approximate surface area is 167 Å². The van der Waals surface area contributed by atoms with E-state index in [1.165, 1.54) is 20.8 Å². The maximum Gasteiger partial charge on any atom is 0.303 e. The van der Waals surface area contributed by atoms with Crippen molar-refractivity contribution in [1.29, 1.82) is 0 Å². The molecule has 0 unspecified atom stereocenters. The van der Waals surface area contributed by atoms with Crippen LogP contribution in [0.15, 0.2) is 35.5 Å². The first kappa shape index (κ1) is 25.6. The van der Waals surface area contributed by atoms with Gasteiger partial charge in [-0.3, -0.25) is 14.4 Å². The van der Waals surface area contributed by atoms with Gasteiger partial charge in [-0.2, -0.15) is 0 Å². The molecule has 0 bridgehead atoms. The lowest BCUT2D eigenvalue weighted by molar-refractivity contribution is -0.144. The smallest absolute Gasteiger partial charge is 0.303 e. The molecule has 2 atom stereocenters. The molecular weight excluding hydrogens is 364 g/mol. The summed E-state index contributed by atoms with van der Waals surface area (Å²) in [5, 5.41) is 9.95. The van der Waals surface area contributed by atoms with E-state index in [4.69, 9.17) is 14.2 Å². The van der Waals surface area contributed by atoms with Crippen molar-refractivity contribution in [2.75, 3.05) is 13.2 Å². The van der Waals surface area contributed by atoms with E-state index in [0.29, 0.717) is 24.8 Å². The molecule has 0 aliphatic heterocycles. The fourth-order valence-electron chi connectivity index (χ4n) is 2.28. The Morgan fingerprint density at radius 3 is 2.11 bits per heavy atom. The van der Waals surface area contributed by atoms with Crippen molar-refractivity contribution in [3.8, 4) is 0 Å². The summed E-state index contributed by atoms with van der Waals surface area (Å²) < 4.78 is 15.3. The molecule has 0 rings (SSSR count). The second-order valence-electron chi connectivity index (χ2n) is 6.71. The molecule has 0 amide bonds. The van der Waals surface area contributed by atoms with Gasteiger partial charge in [0.15, 0.2) is 0 Å². The first-order valence-corrected chi connectivity index (χ1v) is 9.13. The minimum Gasteiger partial charge on any atom is -0.462 e. The highest BCUT2D eigenvalue weighted by Crippen LogP contribution is 2.17. The van der Waals surface area contributed by atoms with Crippen molar-refractivity contribution in [2.24, 2.45) is 0 Å². The van der Waals surface area contributed by atoms with Gasteiger partial charge in [-0.05, 0) is 44.4 Å². The van der Waals surface area contributed by atoms with E-state index in [2.05, 4.69) is 6.58 Å². The molecule has 0 radical (unpaired) electrons. The third-order valence-electron chi connectivity index (χ3n) is 3.75. The summed E-state index contributed by atoms with van der Waals surface area (Å²) in [5.41, 5.74) is 2.25. The van der Waals surface area contributed by atoms with Crippen LogP contribution in [0.3, 0.4) is 0 Å². The maximum absolute atomic E-state index is 11.5. The number of hydrogen-bond acceptors (Lipinski definition) is 7. The number of rotatable bonds is 12. The molecule has 0 spiro atoms. The van der Waals surface area contributed by atoms with Crippen LogP contribution in [0.25, 0.3) is 0 Å². The van der Waals surface area contributed by atoms with Gasteiger partial charge in [0, 0.05) is 27.2 Å². The second-order valence-corrected chi connectivity index (χ2v) is 6.71. The van der Waals surface area contributed by atoms with Gasteiger partial charge in [-0.15, -0.1) is 0 Å². The number of carbonyl (C=O) groups excluding carboxylic acids is 3. The van der Waals surface area contributed by atoms with Gasteiger partial charge in [0.05, 0.1) is 6.10 Å². The third kappa shape index (κ3) is 13.7. The van der Waals surface area contributed by atoms with Crippen LogP contribution >= 0.6 is 0 Å². The Morgan fingerprint density at radius 2 is 1.61 bits per heavy atom. The molecule has 7 heteroatoms. The van der Waals surface area contributed by atoms with Crippen LogP contribution in [-0.4, -0.2) is 48.4 Å². The monoisotopic (exact) mass is 396 g/mol. The highest BCUT2D eigenvalue weighted by Gasteiger charge is 2.14. The first-order valence-electron chi connectivity index (χ1n) is 9.13. The van der Waals surface area contributed by atoms with Gasteiger partial charge in [0.25, 0.3) is 0 Å². The van der Waals surface area contributed by atoms with E-state index in [-0.39, 0.29) is 19.2 Å². The van der Waals surface area contributed by atoms with Crippen LogP contribution in [0, 0.1) is 0 Å². The SMILES string of the molecule is C=C(C)[C@H](O)CC/C(=C/[C@H](C/C(C)=C\COC(C)=O)OC(C)=O)COC(C)=O. The average Bonchev–Trinajstić information content (AvgIpc) is 2.55. The third-order valence-corrected chi connectivity index (χ3v) is 3.75. The van der Waals surface area contributed by atoms with Crippen molar-refractivity contribution in [3.05, 3.63) is 35.5 Å². The zero-order valence-electron chi connectivity index (χ0n) is 17.4. The molecule has 0 saturated carbocycles. The molecule has 0 aromatic carbocycles. The van der Waals surface area contributed by atoms with Gasteiger partial charge in [0.2, 0.25) is 0 Å². The van der Waals surface area contributed by atoms with E-state index < -0.39 is 24.1 Å². The number of hydrogen-bond donors (Lipinski definition) is 1. The van der Waals surface area contributed by atoms with Gasteiger partial charge in [0.1, 0.15) is 19.3 Å². The first-order chi connectivity index (χ1) is 13.0. The van der Waals surface area contributed by atoms with E-state index in [1.807, 2.05) is 6.92 Å². The topological polar surface area (TPSA) is 99.1 Å². The molecule has 0 heterocycles.